The molecular formula is C46H43N5O. The van der Waals surface area contributed by atoms with Gasteiger partial charge in [0, 0.05) is 73.5 Å². The largest absolute Gasteiger partial charge is 0.355 e. The van der Waals surface area contributed by atoms with Crippen molar-refractivity contribution in [2.75, 3.05) is 5.32 Å². The lowest BCUT2D eigenvalue weighted by Crippen LogP contribution is -2.19. The molecule has 0 radical (unpaired) electrons. The number of anilines is 1. The minimum atomic E-state index is -0.0970. The molecule has 0 aliphatic carbocycles. The third kappa shape index (κ3) is 5.96. The van der Waals surface area contributed by atoms with Crippen molar-refractivity contribution < 1.29 is 4.79 Å². The van der Waals surface area contributed by atoms with E-state index in [-0.39, 0.29) is 5.91 Å². The molecule has 3 aromatic carbocycles. The Morgan fingerprint density at radius 2 is 0.981 bits per heavy atom. The highest BCUT2D eigenvalue weighted by Crippen LogP contribution is 2.31. The number of fused-ring (bicyclic) bond motifs is 8. The number of aromatic amines is 4. The van der Waals surface area contributed by atoms with Gasteiger partial charge in [0.1, 0.15) is 0 Å². The van der Waals surface area contributed by atoms with Crippen LogP contribution < -0.4 is 26.7 Å². The number of aromatic nitrogens is 4. The van der Waals surface area contributed by atoms with Crippen molar-refractivity contribution in [3.05, 3.63) is 191 Å². The summed E-state index contributed by atoms with van der Waals surface area (Å²) in [6.45, 7) is 14.6. The smallest absolute Gasteiger partial charge is 0.221 e. The molecule has 7 aromatic rings. The number of carbonyl (C=O) groups is 1. The third-order valence-electron chi connectivity index (χ3n) is 10.1. The predicted octanol–water partition coefficient (Wildman–Crippen LogP) is 6.69. The summed E-state index contributed by atoms with van der Waals surface area (Å²) >= 11 is 0. The molecule has 8 bridgehead atoms. The van der Waals surface area contributed by atoms with Gasteiger partial charge < -0.3 is 25.3 Å². The molecule has 0 atom stereocenters. The van der Waals surface area contributed by atoms with Gasteiger partial charge in [0.25, 0.3) is 0 Å². The predicted molar refractivity (Wildman–Crippen MR) is 212 cm³/mol. The maximum atomic E-state index is 11.9. The summed E-state index contributed by atoms with van der Waals surface area (Å²) in [6.07, 6.45) is 2.18. The number of hydrogen-bond donors (Lipinski definition) is 5. The zero-order valence-corrected chi connectivity index (χ0v) is 30.7. The van der Waals surface area contributed by atoms with E-state index in [0.717, 1.165) is 72.1 Å². The second-order valence-electron chi connectivity index (χ2n) is 14.3. The number of aryl methyl sites for hydroxylation is 6. The van der Waals surface area contributed by atoms with E-state index in [1.807, 2.05) is 12.1 Å². The van der Waals surface area contributed by atoms with Crippen molar-refractivity contribution in [2.24, 2.45) is 0 Å². The van der Waals surface area contributed by atoms with Gasteiger partial charge in [-0.15, -0.1) is 0 Å². The number of nitrogens with one attached hydrogen (secondary N) is 5. The van der Waals surface area contributed by atoms with Crippen LogP contribution >= 0.6 is 0 Å². The highest BCUT2D eigenvalue weighted by Gasteiger charge is 2.19. The molecular weight excluding hydrogens is 639 g/mol. The maximum absolute atomic E-state index is 11.9. The van der Waals surface area contributed by atoms with Crippen LogP contribution in [0.15, 0.2) is 97.1 Å². The Labute approximate surface area is 303 Å². The van der Waals surface area contributed by atoms with Gasteiger partial charge in [-0.25, -0.2) is 0 Å². The van der Waals surface area contributed by atoms with E-state index in [2.05, 4.69) is 158 Å². The Kier molecular flexibility index (Phi) is 8.10. The average molecular weight is 682 g/mol. The van der Waals surface area contributed by atoms with Gasteiger partial charge in [-0.05, 0) is 147 Å². The van der Waals surface area contributed by atoms with Crippen LogP contribution in [-0.4, -0.2) is 25.8 Å². The molecule has 0 saturated heterocycles. The van der Waals surface area contributed by atoms with Gasteiger partial charge in [0.2, 0.25) is 5.91 Å². The van der Waals surface area contributed by atoms with E-state index in [4.69, 9.17) is 0 Å². The van der Waals surface area contributed by atoms with E-state index in [0.29, 0.717) is 0 Å². The highest BCUT2D eigenvalue weighted by atomic mass is 16.1. The monoisotopic (exact) mass is 681 g/mol. The summed E-state index contributed by atoms with van der Waals surface area (Å²) in [5.74, 6) is -0.0970. The molecule has 5 heterocycles. The van der Waals surface area contributed by atoms with E-state index in [1.165, 1.54) is 51.4 Å². The molecule has 1 aliphatic rings. The van der Waals surface area contributed by atoms with Gasteiger partial charge in [-0.1, -0.05) is 47.5 Å². The average Bonchev–Trinajstić information content (AvgIpc) is 3.90. The van der Waals surface area contributed by atoms with Crippen LogP contribution in [0, 0.1) is 41.5 Å². The van der Waals surface area contributed by atoms with Gasteiger partial charge in [-0.2, -0.15) is 0 Å². The zero-order valence-electron chi connectivity index (χ0n) is 30.7. The molecule has 258 valence electrons. The summed E-state index contributed by atoms with van der Waals surface area (Å²) in [7, 11) is 0. The SMILES string of the molecule is CC(=O)Nc1ccc(C2=c3ccc([nH]3)=C(c3c(C)cc(C)cc3C)c3ccc([nH]3)C=c3ccc([nH]3)=C(c3c(C)cc(C)cc3C)c3ccc2[nH]3)cc1. The van der Waals surface area contributed by atoms with Crippen LogP contribution in [-0.2, 0) is 4.79 Å². The molecule has 0 spiro atoms. The molecule has 1 aliphatic heterocycles. The maximum Gasteiger partial charge on any atom is 0.221 e. The molecule has 8 rings (SSSR count). The molecule has 1 amide bonds. The summed E-state index contributed by atoms with van der Waals surface area (Å²) in [5.41, 5.74) is 18.9. The minimum absolute atomic E-state index is 0.0970. The lowest BCUT2D eigenvalue weighted by atomic mass is 9.92. The fourth-order valence-electron chi connectivity index (χ4n) is 8.18. The van der Waals surface area contributed by atoms with Crippen molar-refractivity contribution in [1.29, 1.82) is 0 Å². The number of H-pyrrole nitrogens is 4. The second-order valence-corrected chi connectivity index (χ2v) is 14.3. The minimum Gasteiger partial charge on any atom is -0.355 e. The number of amides is 1. The first-order valence-electron chi connectivity index (χ1n) is 17.8. The third-order valence-corrected chi connectivity index (χ3v) is 10.1. The summed E-state index contributed by atoms with van der Waals surface area (Å²) < 4.78 is 0. The topological polar surface area (TPSA) is 92.3 Å². The van der Waals surface area contributed by atoms with Crippen LogP contribution in [0.1, 0.15) is 79.8 Å². The van der Waals surface area contributed by atoms with E-state index in [1.54, 1.807) is 0 Å². The first-order chi connectivity index (χ1) is 25.0. The normalized spacial score (nSPS) is 12.6. The van der Waals surface area contributed by atoms with E-state index in [9.17, 15) is 4.79 Å². The molecule has 6 heteroatoms. The van der Waals surface area contributed by atoms with Crippen molar-refractivity contribution >= 4 is 34.4 Å². The quantitative estimate of drug-likeness (QED) is 0.141. The van der Waals surface area contributed by atoms with Crippen molar-refractivity contribution in [3.8, 4) is 0 Å². The fraction of sp³-hybridized carbons (Fsp3) is 0.152. The van der Waals surface area contributed by atoms with Gasteiger partial charge >= 0.3 is 0 Å². The van der Waals surface area contributed by atoms with Crippen LogP contribution in [0.4, 0.5) is 5.69 Å². The Hall–Kier alpha value is -6.27. The van der Waals surface area contributed by atoms with Crippen molar-refractivity contribution in [1.82, 2.24) is 19.9 Å². The zero-order chi connectivity index (χ0) is 36.3. The number of benzene rings is 3. The van der Waals surface area contributed by atoms with Crippen LogP contribution in [0.3, 0.4) is 0 Å². The molecule has 0 unspecified atom stereocenters. The number of rotatable bonds is 4. The fourth-order valence-corrected chi connectivity index (χ4v) is 8.18. The van der Waals surface area contributed by atoms with Crippen molar-refractivity contribution in [2.45, 2.75) is 48.5 Å². The number of hydrogen-bond acceptors (Lipinski definition) is 1. The van der Waals surface area contributed by atoms with Gasteiger partial charge in [-0.3, -0.25) is 4.79 Å². The van der Waals surface area contributed by atoms with E-state index < -0.39 is 0 Å². The summed E-state index contributed by atoms with van der Waals surface area (Å²) in [5, 5.41) is 6.96. The lowest BCUT2D eigenvalue weighted by molar-refractivity contribution is -0.114. The molecule has 0 saturated carbocycles. The summed E-state index contributed by atoms with van der Waals surface area (Å²) in [6, 6.07) is 34.5. The Morgan fingerprint density at radius 3 is 1.56 bits per heavy atom. The Morgan fingerprint density at radius 1 is 0.500 bits per heavy atom. The first kappa shape index (κ1) is 32.9. The molecule has 6 nitrogen and oxygen atoms in total. The van der Waals surface area contributed by atoms with Crippen molar-refractivity contribution in [3.63, 3.8) is 0 Å². The standard InChI is InChI=1S/C46H43N5O/c1-25-20-27(3)42(28(4)21-25)45-38-14-12-34(48-38)24-35-13-15-39(49-35)46(43-29(5)22-26(2)23-30(43)6)41-19-17-37(51-41)44(36-16-18-40(45)50-36)32-8-10-33(11-9-32)47-31(7)52/h8-24,48-51H,1-7H3,(H,47,52). The molecule has 5 N–H and O–H groups in total. The van der Waals surface area contributed by atoms with E-state index >= 15 is 0 Å². The van der Waals surface area contributed by atoms with Crippen LogP contribution in [0.25, 0.3) is 22.8 Å². The second kappa shape index (κ2) is 12.8. The molecule has 4 aromatic heterocycles. The summed E-state index contributed by atoms with van der Waals surface area (Å²) in [4.78, 5) is 27.1. The van der Waals surface area contributed by atoms with Gasteiger partial charge in [0.05, 0.1) is 0 Å². The highest BCUT2D eigenvalue weighted by molar-refractivity contribution is 5.89. The molecule has 52 heavy (non-hydrogen) atoms. The number of carbonyl (C=O) groups excluding carboxylic acids is 1. The Balaban J connectivity index is 1.49. The Bertz CT molecular complexity index is 2750. The molecule has 0 fully saturated rings. The van der Waals surface area contributed by atoms with Crippen LogP contribution in [0.5, 0.6) is 0 Å². The van der Waals surface area contributed by atoms with Crippen LogP contribution in [0.2, 0.25) is 0 Å². The lowest BCUT2D eigenvalue weighted by Gasteiger charge is -2.15. The first-order valence-corrected chi connectivity index (χ1v) is 17.8. The van der Waals surface area contributed by atoms with Gasteiger partial charge in [0.15, 0.2) is 0 Å².